The summed E-state index contributed by atoms with van der Waals surface area (Å²) in [7, 11) is 0. The second kappa shape index (κ2) is 11.0. The molecule has 0 radical (unpaired) electrons. The molecule has 1 saturated carbocycles. The summed E-state index contributed by atoms with van der Waals surface area (Å²) in [5.41, 5.74) is 1.74. The summed E-state index contributed by atoms with van der Waals surface area (Å²) < 4.78 is 1.11. The first-order valence-electron chi connectivity index (χ1n) is 12.7. The number of anilines is 1. The summed E-state index contributed by atoms with van der Waals surface area (Å²) in [5.74, 6) is 0.840. The molecule has 1 unspecified atom stereocenters. The summed E-state index contributed by atoms with van der Waals surface area (Å²) in [6.45, 7) is 10.7. The number of aromatic nitrogens is 1. The fourth-order valence-corrected chi connectivity index (χ4v) is 6.26. The number of thiazole rings is 1. The van der Waals surface area contributed by atoms with E-state index in [4.69, 9.17) is 4.98 Å². The maximum absolute atomic E-state index is 12.9. The van der Waals surface area contributed by atoms with E-state index in [-0.39, 0.29) is 5.91 Å². The number of rotatable bonds is 8. The van der Waals surface area contributed by atoms with Gasteiger partial charge in [0.25, 0.3) is 5.91 Å². The number of piperidine rings is 1. The summed E-state index contributed by atoms with van der Waals surface area (Å²) in [6, 6.07) is 7.20. The van der Waals surface area contributed by atoms with E-state index in [1.54, 1.807) is 11.3 Å². The Labute approximate surface area is 197 Å². The first kappa shape index (κ1) is 23.5. The van der Waals surface area contributed by atoms with Crippen LogP contribution in [0.25, 0.3) is 10.2 Å². The molecule has 2 heterocycles. The minimum absolute atomic E-state index is 0.0291. The monoisotopic (exact) mass is 456 g/mol. The Morgan fingerprint density at radius 3 is 2.69 bits per heavy atom. The Balaban J connectivity index is 1.35. The Hall–Kier alpha value is -1.66. The molecule has 1 atom stereocenters. The minimum Gasteiger partial charge on any atom is -0.351 e. The number of benzene rings is 1. The van der Waals surface area contributed by atoms with Crippen LogP contribution in [0.5, 0.6) is 0 Å². The van der Waals surface area contributed by atoms with Gasteiger partial charge >= 0.3 is 0 Å². The zero-order chi connectivity index (χ0) is 22.5. The van der Waals surface area contributed by atoms with Crippen molar-refractivity contribution in [2.75, 3.05) is 31.1 Å². The van der Waals surface area contributed by atoms with Crippen molar-refractivity contribution < 1.29 is 4.79 Å². The van der Waals surface area contributed by atoms with Crippen molar-refractivity contribution in [1.82, 2.24) is 15.2 Å². The third-order valence-corrected chi connectivity index (χ3v) is 8.63. The highest BCUT2D eigenvalue weighted by atomic mass is 32.1. The number of carbonyl (C=O) groups excluding carboxylic acids is 1. The Kier molecular flexibility index (Phi) is 8.06. The topological polar surface area (TPSA) is 48.5 Å². The van der Waals surface area contributed by atoms with Gasteiger partial charge in [-0.25, -0.2) is 4.98 Å². The largest absolute Gasteiger partial charge is 0.351 e. The van der Waals surface area contributed by atoms with E-state index in [2.05, 4.69) is 35.9 Å². The van der Waals surface area contributed by atoms with Crippen LogP contribution in [0.3, 0.4) is 0 Å². The van der Waals surface area contributed by atoms with Gasteiger partial charge in [-0.15, -0.1) is 0 Å². The van der Waals surface area contributed by atoms with Gasteiger partial charge in [-0.3, -0.25) is 9.69 Å². The number of nitrogens with zero attached hydrogens (tertiary/aromatic N) is 3. The quantitative estimate of drug-likeness (QED) is 0.554. The standard InChI is InChI=1S/C26H40N4OS/c1-4-20(3)30(22-8-6-5-7-9-22)17-14-27-25(31)21-10-11-23-24(18-21)32-26(28-23)29-15-12-19(2)13-16-29/h10-11,18-20,22H,4-9,12-17H2,1-3H3,(H,27,31). The molecule has 1 aliphatic carbocycles. The van der Waals surface area contributed by atoms with Gasteiger partial charge in [0.1, 0.15) is 0 Å². The number of fused-ring (bicyclic) bond motifs is 1. The number of nitrogens with one attached hydrogen (secondary N) is 1. The molecule has 1 N–H and O–H groups in total. The highest BCUT2D eigenvalue weighted by Crippen LogP contribution is 2.32. The third kappa shape index (κ3) is 5.63. The smallest absolute Gasteiger partial charge is 0.251 e. The van der Waals surface area contributed by atoms with E-state index in [1.165, 1.54) is 44.9 Å². The third-order valence-electron chi connectivity index (χ3n) is 7.55. The lowest BCUT2D eigenvalue weighted by Crippen LogP contribution is -2.46. The second-order valence-corrected chi connectivity index (χ2v) is 10.9. The lowest BCUT2D eigenvalue weighted by Gasteiger charge is -2.38. The first-order chi connectivity index (χ1) is 15.5. The van der Waals surface area contributed by atoms with Gasteiger partial charge in [-0.2, -0.15) is 0 Å². The zero-order valence-electron chi connectivity index (χ0n) is 20.1. The molecule has 1 aliphatic heterocycles. The zero-order valence-corrected chi connectivity index (χ0v) is 20.9. The fourth-order valence-electron chi connectivity index (χ4n) is 5.20. The van der Waals surface area contributed by atoms with E-state index in [0.29, 0.717) is 18.6 Å². The molecule has 1 amide bonds. The van der Waals surface area contributed by atoms with Gasteiger partial charge in [-0.1, -0.05) is 44.4 Å². The van der Waals surface area contributed by atoms with Crippen LogP contribution < -0.4 is 10.2 Å². The van der Waals surface area contributed by atoms with E-state index < -0.39 is 0 Å². The molecular weight excluding hydrogens is 416 g/mol. The molecule has 2 fully saturated rings. The minimum atomic E-state index is 0.0291. The second-order valence-electron chi connectivity index (χ2n) is 9.89. The van der Waals surface area contributed by atoms with Crippen molar-refractivity contribution in [3.05, 3.63) is 23.8 Å². The Morgan fingerprint density at radius 2 is 1.97 bits per heavy atom. The maximum Gasteiger partial charge on any atom is 0.251 e. The lowest BCUT2D eigenvalue weighted by molar-refractivity contribution is 0.0903. The molecule has 1 saturated heterocycles. The molecule has 4 rings (SSSR count). The summed E-state index contributed by atoms with van der Waals surface area (Å²) >= 11 is 1.72. The molecule has 176 valence electrons. The Morgan fingerprint density at radius 1 is 1.22 bits per heavy atom. The van der Waals surface area contributed by atoms with Crippen molar-refractivity contribution in [3.63, 3.8) is 0 Å². The molecule has 1 aromatic heterocycles. The van der Waals surface area contributed by atoms with Gasteiger partial charge in [0.2, 0.25) is 0 Å². The molecule has 0 spiro atoms. The molecule has 2 aliphatic rings. The van der Waals surface area contributed by atoms with Crippen LogP contribution in [0.4, 0.5) is 5.13 Å². The van der Waals surface area contributed by atoms with Crippen molar-refractivity contribution in [2.24, 2.45) is 5.92 Å². The van der Waals surface area contributed by atoms with Crippen LogP contribution in [-0.2, 0) is 0 Å². The van der Waals surface area contributed by atoms with E-state index in [0.717, 1.165) is 52.9 Å². The summed E-state index contributed by atoms with van der Waals surface area (Å²) in [5, 5.41) is 4.28. The van der Waals surface area contributed by atoms with Crippen LogP contribution in [0, 0.1) is 5.92 Å². The van der Waals surface area contributed by atoms with Crippen molar-refractivity contribution in [3.8, 4) is 0 Å². The number of hydrogen-bond acceptors (Lipinski definition) is 5. The van der Waals surface area contributed by atoms with Crippen LogP contribution in [0.15, 0.2) is 18.2 Å². The van der Waals surface area contributed by atoms with Crippen molar-refractivity contribution in [1.29, 1.82) is 0 Å². The highest BCUT2D eigenvalue weighted by molar-refractivity contribution is 7.22. The lowest BCUT2D eigenvalue weighted by atomic mass is 9.93. The van der Waals surface area contributed by atoms with Crippen LogP contribution in [0.1, 0.15) is 82.5 Å². The van der Waals surface area contributed by atoms with E-state index in [9.17, 15) is 4.79 Å². The van der Waals surface area contributed by atoms with Gasteiger partial charge in [0, 0.05) is 43.8 Å². The fraction of sp³-hybridized carbons (Fsp3) is 0.692. The average molecular weight is 457 g/mol. The highest BCUT2D eigenvalue weighted by Gasteiger charge is 2.24. The SMILES string of the molecule is CCC(C)N(CCNC(=O)c1ccc2nc(N3CCC(C)CC3)sc2c1)C1CCCCC1. The van der Waals surface area contributed by atoms with Crippen molar-refractivity contribution in [2.45, 2.75) is 84.2 Å². The van der Waals surface area contributed by atoms with Crippen LogP contribution in [-0.4, -0.2) is 54.1 Å². The molecular formula is C26H40N4OS. The number of amides is 1. The average Bonchev–Trinajstić information content (AvgIpc) is 3.25. The van der Waals surface area contributed by atoms with Gasteiger partial charge in [-0.05, 0) is 63.1 Å². The summed E-state index contributed by atoms with van der Waals surface area (Å²) in [4.78, 5) is 22.7. The molecule has 2 aromatic rings. The van der Waals surface area contributed by atoms with E-state index in [1.807, 2.05) is 18.2 Å². The molecule has 5 nitrogen and oxygen atoms in total. The maximum atomic E-state index is 12.9. The van der Waals surface area contributed by atoms with Crippen LogP contribution in [0.2, 0.25) is 0 Å². The van der Waals surface area contributed by atoms with Crippen molar-refractivity contribution >= 4 is 32.6 Å². The number of hydrogen-bond donors (Lipinski definition) is 1. The molecule has 1 aromatic carbocycles. The number of carbonyl (C=O) groups is 1. The first-order valence-corrected chi connectivity index (χ1v) is 13.6. The van der Waals surface area contributed by atoms with Crippen LogP contribution >= 0.6 is 11.3 Å². The molecule has 32 heavy (non-hydrogen) atoms. The van der Waals surface area contributed by atoms with E-state index >= 15 is 0 Å². The van der Waals surface area contributed by atoms with Gasteiger partial charge in [0.05, 0.1) is 10.2 Å². The van der Waals surface area contributed by atoms with Gasteiger partial charge < -0.3 is 10.2 Å². The molecule has 0 bridgehead atoms. The Bertz CT molecular complexity index is 883. The molecule has 6 heteroatoms. The predicted octanol–water partition coefficient (Wildman–Crippen LogP) is 5.70. The van der Waals surface area contributed by atoms with Gasteiger partial charge in [0.15, 0.2) is 5.13 Å². The normalized spacial score (nSPS) is 19.6. The summed E-state index contributed by atoms with van der Waals surface area (Å²) in [6.07, 6.45) is 10.3. The predicted molar refractivity (Wildman–Crippen MR) is 136 cm³/mol.